The zero-order chi connectivity index (χ0) is 24.4. The van der Waals surface area contributed by atoms with E-state index in [0.29, 0.717) is 12.5 Å². The number of thiophene rings is 1. The van der Waals surface area contributed by atoms with Crippen molar-refractivity contribution in [3.05, 3.63) is 58.3 Å². The van der Waals surface area contributed by atoms with Gasteiger partial charge in [0.15, 0.2) is 9.84 Å². The van der Waals surface area contributed by atoms with Crippen LogP contribution in [0.5, 0.6) is 0 Å². The second kappa shape index (κ2) is 9.53. The molecule has 0 aliphatic rings. The number of nitrogen functional groups attached to an aromatic ring is 1. The van der Waals surface area contributed by atoms with Crippen LogP contribution in [0.15, 0.2) is 41.1 Å². The second-order valence-corrected chi connectivity index (χ2v) is 10.5. The van der Waals surface area contributed by atoms with Crippen molar-refractivity contribution in [1.29, 1.82) is 0 Å². The molecule has 3 rings (SSSR count). The van der Waals surface area contributed by atoms with Crippen molar-refractivity contribution in [2.75, 3.05) is 11.5 Å². The van der Waals surface area contributed by atoms with Gasteiger partial charge in [-0.1, -0.05) is 13.0 Å². The SMILES string of the molecule is CCCS(=O)(=O)c1csc(C(=O)N[C@H](C)[C@](O)(Cn2cncn2)c2ccc(F)cc2F)c1N. The third-order valence-electron chi connectivity index (χ3n) is 5.14. The summed E-state index contributed by atoms with van der Waals surface area (Å²) in [6, 6.07) is 1.56. The molecule has 0 saturated heterocycles. The van der Waals surface area contributed by atoms with E-state index < -0.39 is 39.0 Å². The Balaban J connectivity index is 1.94. The van der Waals surface area contributed by atoms with Crippen molar-refractivity contribution in [3.63, 3.8) is 0 Å². The number of nitrogens with one attached hydrogen (secondary N) is 1. The van der Waals surface area contributed by atoms with Crippen LogP contribution in [0.3, 0.4) is 0 Å². The molecule has 1 amide bonds. The number of benzene rings is 1. The van der Waals surface area contributed by atoms with Gasteiger partial charge in [-0.05, 0) is 19.4 Å². The van der Waals surface area contributed by atoms with Crippen LogP contribution >= 0.6 is 11.3 Å². The van der Waals surface area contributed by atoms with Crippen LogP contribution in [0.1, 0.15) is 35.5 Å². The second-order valence-electron chi connectivity index (χ2n) is 7.50. The van der Waals surface area contributed by atoms with Gasteiger partial charge in [-0.2, -0.15) is 5.10 Å². The Kier molecular flexibility index (Phi) is 7.14. The lowest BCUT2D eigenvalue weighted by Gasteiger charge is -2.35. The molecule has 0 fully saturated rings. The predicted octanol–water partition coefficient (Wildman–Crippen LogP) is 2.09. The quantitative estimate of drug-likeness (QED) is 0.409. The number of sulfone groups is 1. The van der Waals surface area contributed by atoms with Gasteiger partial charge < -0.3 is 16.2 Å². The van der Waals surface area contributed by atoms with Crippen LogP contribution in [0, 0.1) is 11.6 Å². The molecule has 0 radical (unpaired) electrons. The summed E-state index contributed by atoms with van der Waals surface area (Å²) in [6.07, 6.45) is 2.90. The summed E-state index contributed by atoms with van der Waals surface area (Å²) in [5.41, 5.74) is 3.43. The monoisotopic (exact) mass is 499 g/mol. The molecular formula is C20H23F2N5O4S2. The Hall–Kier alpha value is -2.90. The van der Waals surface area contributed by atoms with Crippen molar-refractivity contribution < 1.29 is 27.1 Å². The third-order valence-corrected chi connectivity index (χ3v) is 8.24. The molecule has 1 aromatic carbocycles. The number of carbonyl (C=O) groups is 1. The van der Waals surface area contributed by atoms with Gasteiger partial charge in [0, 0.05) is 17.0 Å². The first-order valence-corrected chi connectivity index (χ1v) is 12.4. The molecule has 2 heterocycles. The van der Waals surface area contributed by atoms with Crippen molar-refractivity contribution in [3.8, 4) is 0 Å². The molecule has 178 valence electrons. The smallest absolute Gasteiger partial charge is 0.263 e. The average molecular weight is 500 g/mol. The summed E-state index contributed by atoms with van der Waals surface area (Å²) in [5, 5.41) is 19.2. The van der Waals surface area contributed by atoms with Gasteiger partial charge in [-0.25, -0.2) is 26.9 Å². The molecule has 3 aromatic rings. The van der Waals surface area contributed by atoms with Crippen LogP contribution in [-0.4, -0.2) is 46.0 Å². The maximum atomic E-state index is 14.6. The molecule has 0 saturated carbocycles. The number of nitrogens with two attached hydrogens (primary N) is 1. The summed E-state index contributed by atoms with van der Waals surface area (Å²) in [7, 11) is -3.65. The first kappa shape index (κ1) is 24.7. The Labute approximate surface area is 193 Å². The van der Waals surface area contributed by atoms with E-state index in [-0.39, 0.29) is 33.3 Å². The number of aliphatic hydroxyl groups is 1. The van der Waals surface area contributed by atoms with E-state index >= 15 is 0 Å². The fourth-order valence-corrected chi connectivity index (χ4v) is 6.13. The number of carbonyl (C=O) groups excluding carboxylic acids is 1. The molecule has 0 aliphatic carbocycles. The topological polar surface area (TPSA) is 140 Å². The number of hydrogen-bond acceptors (Lipinski definition) is 8. The Bertz CT molecular complexity index is 1250. The Morgan fingerprint density at radius 3 is 2.73 bits per heavy atom. The molecule has 2 aromatic heterocycles. The van der Waals surface area contributed by atoms with Crippen LogP contribution in [-0.2, 0) is 22.0 Å². The molecule has 0 unspecified atom stereocenters. The third kappa shape index (κ3) is 5.04. The zero-order valence-electron chi connectivity index (χ0n) is 17.8. The van der Waals surface area contributed by atoms with Crippen LogP contribution < -0.4 is 11.1 Å². The van der Waals surface area contributed by atoms with Gasteiger partial charge in [0.1, 0.15) is 39.7 Å². The minimum atomic E-state index is -3.65. The minimum Gasteiger partial charge on any atom is -0.396 e. The molecular weight excluding hydrogens is 476 g/mol. The van der Waals surface area contributed by atoms with Gasteiger partial charge >= 0.3 is 0 Å². The number of halogens is 2. The minimum absolute atomic E-state index is 0.0563. The first-order valence-electron chi connectivity index (χ1n) is 9.90. The van der Waals surface area contributed by atoms with E-state index in [0.717, 1.165) is 23.5 Å². The van der Waals surface area contributed by atoms with E-state index in [2.05, 4.69) is 15.4 Å². The van der Waals surface area contributed by atoms with E-state index in [1.807, 2.05) is 0 Å². The first-order chi connectivity index (χ1) is 15.5. The number of anilines is 1. The highest BCUT2D eigenvalue weighted by Gasteiger charge is 2.40. The maximum Gasteiger partial charge on any atom is 0.263 e. The van der Waals surface area contributed by atoms with E-state index in [9.17, 15) is 27.1 Å². The van der Waals surface area contributed by atoms with Gasteiger partial charge in [-0.3, -0.25) is 4.79 Å². The van der Waals surface area contributed by atoms with Gasteiger partial charge in [0.25, 0.3) is 5.91 Å². The molecule has 0 spiro atoms. The van der Waals surface area contributed by atoms with Gasteiger partial charge in [-0.15, -0.1) is 11.3 Å². The Morgan fingerprint density at radius 1 is 1.39 bits per heavy atom. The van der Waals surface area contributed by atoms with E-state index in [1.165, 1.54) is 29.6 Å². The van der Waals surface area contributed by atoms with Crippen molar-refractivity contribution in [2.45, 2.75) is 43.4 Å². The standard InChI is InChI=1S/C20H23F2N5O4S2/c1-3-6-33(30,31)16-8-32-18(17(16)23)19(28)26-12(2)20(29,9-27-11-24-10-25-27)14-5-4-13(21)7-15(14)22/h4-5,7-8,10-12,29H,3,6,9,23H2,1-2H3,(H,26,28)/t12-,20-/m1/s1. The summed E-state index contributed by atoms with van der Waals surface area (Å²) in [5.74, 6) is -2.71. The number of hydrogen-bond donors (Lipinski definition) is 3. The van der Waals surface area contributed by atoms with E-state index in [4.69, 9.17) is 5.73 Å². The number of aromatic nitrogens is 3. The predicted molar refractivity (Wildman–Crippen MR) is 118 cm³/mol. The summed E-state index contributed by atoms with van der Waals surface area (Å²) in [6.45, 7) is 2.82. The molecule has 4 N–H and O–H groups in total. The lowest BCUT2D eigenvalue weighted by atomic mass is 9.86. The molecule has 13 heteroatoms. The molecule has 0 bridgehead atoms. The number of rotatable bonds is 9. The number of nitrogens with zero attached hydrogens (tertiary/aromatic N) is 3. The Morgan fingerprint density at radius 2 is 2.12 bits per heavy atom. The van der Waals surface area contributed by atoms with Crippen LogP contribution in [0.4, 0.5) is 14.5 Å². The number of amides is 1. The van der Waals surface area contributed by atoms with Crippen molar-refractivity contribution in [2.24, 2.45) is 0 Å². The summed E-state index contributed by atoms with van der Waals surface area (Å²) in [4.78, 5) is 16.5. The fourth-order valence-electron chi connectivity index (χ4n) is 3.39. The zero-order valence-corrected chi connectivity index (χ0v) is 19.5. The van der Waals surface area contributed by atoms with Crippen LogP contribution in [0.2, 0.25) is 0 Å². The normalized spacial score (nSPS) is 14.6. The summed E-state index contributed by atoms with van der Waals surface area (Å²) >= 11 is 0.847. The lowest BCUT2D eigenvalue weighted by Crippen LogP contribution is -2.51. The highest BCUT2D eigenvalue weighted by Crippen LogP contribution is 2.33. The average Bonchev–Trinajstić information content (AvgIpc) is 3.37. The largest absolute Gasteiger partial charge is 0.396 e. The molecule has 2 atom stereocenters. The van der Waals surface area contributed by atoms with Gasteiger partial charge in [0.05, 0.1) is 24.0 Å². The van der Waals surface area contributed by atoms with Crippen molar-refractivity contribution >= 4 is 32.8 Å². The fraction of sp³-hybridized carbons (Fsp3) is 0.350. The molecule has 0 aliphatic heterocycles. The highest BCUT2D eigenvalue weighted by atomic mass is 32.2. The summed E-state index contributed by atoms with van der Waals surface area (Å²) < 4.78 is 54.1. The van der Waals surface area contributed by atoms with E-state index in [1.54, 1.807) is 6.92 Å². The highest BCUT2D eigenvalue weighted by molar-refractivity contribution is 7.91. The molecule has 33 heavy (non-hydrogen) atoms. The lowest BCUT2D eigenvalue weighted by molar-refractivity contribution is -0.0185. The van der Waals surface area contributed by atoms with Crippen molar-refractivity contribution in [1.82, 2.24) is 20.1 Å². The van der Waals surface area contributed by atoms with Gasteiger partial charge in [0.2, 0.25) is 0 Å². The van der Waals surface area contributed by atoms with Crippen LogP contribution in [0.25, 0.3) is 0 Å². The molecule has 9 nitrogen and oxygen atoms in total. The maximum absolute atomic E-state index is 14.6.